The minimum atomic E-state index is -1.52. The van der Waals surface area contributed by atoms with Gasteiger partial charge in [-0.25, -0.2) is 0 Å². The van der Waals surface area contributed by atoms with Gasteiger partial charge in [0.05, 0.1) is 12.7 Å². The molecule has 246 valence electrons. The lowest BCUT2D eigenvalue weighted by Crippen LogP contribution is -2.66. The molecule has 15 atom stereocenters. The summed E-state index contributed by atoms with van der Waals surface area (Å²) < 4.78 is 11.7. The summed E-state index contributed by atoms with van der Waals surface area (Å²) in [6.07, 6.45) is 5.51. The zero-order valence-corrected chi connectivity index (χ0v) is 27.1. The molecule has 0 radical (unpaired) electrons. The van der Waals surface area contributed by atoms with Crippen LogP contribution in [0.3, 0.4) is 0 Å². The Morgan fingerprint density at radius 1 is 0.953 bits per heavy atom. The van der Waals surface area contributed by atoms with Crippen molar-refractivity contribution >= 4 is 0 Å². The first-order chi connectivity index (χ1) is 20.2. The van der Waals surface area contributed by atoms with Crippen molar-refractivity contribution in [1.82, 2.24) is 0 Å². The van der Waals surface area contributed by atoms with Crippen molar-refractivity contribution in [2.45, 2.75) is 141 Å². The summed E-state index contributed by atoms with van der Waals surface area (Å²) in [4.78, 5) is 0. The molecule has 43 heavy (non-hydrogen) atoms. The molecule has 8 nitrogen and oxygen atoms in total. The molecule has 6 N–H and O–H groups in total. The third kappa shape index (κ3) is 5.50. The Morgan fingerprint density at radius 3 is 2.33 bits per heavy atom. The minimum Gasteiger partial charge on any atom is -0.394 e. The molecule has 1 saturated heterocycles. The van der Waals surface area contributed by atoms with Crippen molar-refractivity contribution in [3.05, 3.63) is 23.8 Å². The normalized spacial score (nSPS) is 49.7. The predicted molar refractivity (Wildman–Crippen MR) is 164 cm³/mol. The predicted octanol–water partition coefficient (Wildman–Crippen LogP) is 3.71. The highest BCUT2D eigenvalue weighted by molar-refractivity contribution is 5.33. The molecule has 0 unspecified atom stereocenters. The van der Waals surface area contributed by atoms with Crippen LogP contribution in [0.4, 0.5) is 0 Å². The molecule has 0 aromatic rings. The summed E-state index contributed by atoms with van der Waals surface area (Å²) in [6.45, 7) is 13.3. The lowest BCUT2D eigenvalue weighted by atomic mass is 9.45. The Labute approximate surface area is 258 Å². The van der Waals surface area contributed by atoms with Crippen molar-refractivity contribution in [2.75, 3.05) is 6.61 Å². The van der Waals surface area contributed by atoms with Gasteiger partial charge < -0.3 is 40.1 Å². The summed E-state index contributed by atoms with van der Waals surface area (Å²) in [6, 6.07) is 0. The molecular formula is C35H58O8. The Bertz CT molecular complexity index is 1040. The molecule has 4 fully saturated rings. The van der Waals surface area contributed by atoms with Gasteiger partial charge in [0.1, 0.15) is 36.1 Å². The lowest BCUT2D eigenvalue weighted by molar-refractivity contribution is -0.322. The monoisotopic (exact) mass is 606 g/mol. The van der Waals surface area contributed by atoms with Crippen molar-refractivity contribution in [2.24, 2.45) is 46.3 Å². The maximum absolute atomic E-state index is 12.2. The van der Waals surface area contributed by atoms with Crippen LogP contribution in [-0.4, -0.2) is 85.8 Å². The Hall–Kier alpha value is -0.840. The second-order valence-corrected chi connectivity index (χ2v) is 15.5. The second kappa shape index (κ2) is 12.4. The van der Waals surface area contributed by atoms with Gasteiger partial charge >= 0.3 is 0 Å². The third-order valence-corrected chi connectivity index (χ3v) is 13.1. The number of fused-ring (bicyclic) bond motifs is 5. The van der Waals surface area contributed by atoms with E-state index in [1.54, 1.807) is 0 Å². The largest absolute Gasteiger partial charge is 0.394 e. The number of allylic oxidation sites excluding steroid dienone is 3. The number of ether oxygens (including phenoxy) is 2. The van der Waals surface area contributed by atoms with Gasteiger partial charge in [0.2, 0.25) is 0 Å². The Kier molecular flexibility index (Phi) is 9.67. The zero-order chi connectivity index (χ0) is 31.5. The average molecular weight is 607 g/mol. The molecule has 0 aromatic heterocycles. The highest BCUT2D eigenvalue weighted by Gasteiger charge is 2.65. The standard InChI is InChI=1S/C35H58O8/c1-7-21(19(2)3)9-8-20(4)24-10-11-25-23-16-28(37)35(41)17-22(12-15-34(35,6)26(23)13-14-33(24,25)5)42-32-31(40)30(39)29(38)27(18-36)43-32/h8-9,16,19-22,24-32,36-41H,7,10-15,17-18H2,1-6H3/b9-8+/t20-,21+,22+,24-,25+,26+,27-,28-,29-,30+,31-,32-,33-,34-,35+/m1/s1. The molecule has 0 amide bonds. The van der Waals surface area contributed by atoms with Gasteiger partial charge in [0.25, 0.3) is 0 Å². The molecule has 1 aliphatic heterocycles. The molecule has 3 saturated carbocycles. The van der Waals surface area contributed by atoms with E-state index in [-0.39, 0.29) is 17.8 Å². The van der Waals surface area contributed by atoms with Crippen LogP contribution in [0.5, 0.6) is 0 Å². The number of aliphatic hydroxyl groups excluding tert-OH is 5. The lowest BCUT2D eigenvalue weighted by Gasteiger charge is -2.62. The molecular weight excluding hydrogens is 548 g/mol. The SMILES string of the molecule is CC[C@@H](/C=C/[C@@H](C)[C@H]1CC[C@H]2C3=C[C@@H](O)[C@@]4(O)C[C@@H](O[C@@H]5O[C@H](CO)[C@@H](O)[C@H](O)[C@H]5O)CC[C@]4(C)[C@H]3CC[C@]12C)C(C)C. The highest BCUT2D eigenvalue weighted by Crippen LogP contribution is 2.67. The van der Waals surface area contributed by atoms with Crippen LogP contribution in [0, 0.1) is 46.3 Å². The second-order valence-electron chi connectivity index (χ2n) is 15.5. The van der Waals surface area contributed by atoms with Crippen LogP contribution >= 0.6 is 0 Å². The maximum atomic E-state index is 12.2. The van der Waals surface area contributed by atoms with Gasteiger partial charge in [-0.15, -0.1) is 0 Å². The number of hydrogen-bond acceptors (Lipinski definition) is 8. The summed E-state index contributed by atoms with van der Waals surface area (Å²) in [5.74, 6) is 2.92. The molecule has 4 aliphatic carbocycles. The first-order valence-corrected chi connectivity index (χ1v) is 17.0. The van der Waals surface area contributed by atoms with Crippen LogP contribution < -0.4 is 0 Å². The average Bonchev–Trinajstić information content (AvgIpc) is 3.32. The Morgan fingerprint density at radius 2 is 1.67 bits per heavy atom. The van der Waals surface area contributed by atoms with Gasteiger partial charge in [-0.3, -0.25) is 0 Å². The smallest absolute Gasteiger partial charge is 0.186 e. The molecule has 5 rings (SSSR count). The maximum Gasteiger partial charge on any atom is 0.186 e. The molecule has 0 bridgehead atoms. The van der Waals surface area contributed by atoms with Crippen LogP contribution in [0.1, 0.15) is 92.9 Å². The van der Waals surface area contributed by atoms with E-state index < -0.39 is 60.5 Å². The first kappa shape index (κ1) is 33.5. The van der Waals surface area contributed by atoms with Crippen LogP contribution in [0.15, 0.2) is 23.8 Å². The number of hydrogen-bond donors (Lipinski definition) is 6. The van der Waals surface area contributed by atoms with Gasteiger partial charge in [-0.05, 0) is 85.9 Å². The van der Waals surface area contributed by atoms with Crippen molar-refractivity contribution in [3.8, 4) is 0 Å². The number of aliphatic hydroxyl groups is 6. The van der Waals surface area contributed by atoms with E-state index in [0.717, 1.165) is 25.7 Å². The summed E-state index contributed by atoms with van der Waals surface area (Å²) >= 11 is 0. The summed E-state index contributed by atoms with van der Waals surface area (Å²) in [5.41, 5.74) is -0.427. The van der Waals surface area contributed by atoms with E-state index in [2.05, 4.69) is 53.7 Å². The summed E-state index contributed by atoms with van der Waals surface area (Å²) in [7, 11) is 0. The van der Waals surface area contributed by atoms with Gasteiger partial charge in [-0.1, -0.05) is 65.3 Å². The fourth-order valence-electron chi connectivity index (χ4n) is 10.2. The Balaban J connectivity index is 1.33. The first-order valence-electron chi connectivity index (χ1n) is 17.0. The minimum absolute atomic E-state index is 0.167. The van der Waals surface area contributed by atoms with Gasteiger partial charge in [0.15, 0.2) is 6.29 Å². The van der Waals surface area contributed by atoms with Gasteiger partial charge in [0, 0.05) is 11.8 Å². The third-order valence-electron chi connectivity index (χ3n) is 13.1. The van der Waals surface area contributed by atoms with E-state index in [4.69, 9.17) is 9.47 Å². The van der Waals surface area contributed by atoms with Crippen LogP contribution in [0.25, 0.3) is 0 Å². The molecule has 8 heteroatoms. The van der Waals surface area contributed by atoms with E-state index in [9.17, 15) is 30.6 Å². The molecule has 1 heterocycles. The number of rotatable bonds is 8. The van der Waals surface area contributed by atoms with Crippen LogP contribution in [-0.2, 0) is 9.47 Å². The van der Waals surface area contributed by atoms with E-state index >= 15 is 0 Å². The van der Waals surface area contributed by atoms with Crippen molar-refractivity contribution in [1.29, 1.82) is 0 Å². The highest BCUT2D eigenvalue weighted by atomic mass is 16.7. The molecule has 5 aliphatic rings. The molecule has 0 spiro atoms. The fraction of sp³-hybridized carbons (Fsp3) is 0.886. The van der Waals surface area contributed by atoms with Crippen molar-refractivity contribution < 1.29 is 40.1 Å². The molecule has 0 aromatic carbocycles. The van der Waals surface area contributed by atoms with E-state index in [1.807, 2.05) is 6.08 Å². The fourth-order valence-corrected chi connectivity index (χ4v) is 10.2. The summed E-state index contributed by atoms with van der Waals surface area (Å²) in [5, 5.41) is 64.3. The van der Waals surface area contributed by atoms with Crippen molar-refractivity contribution in [3.63, 3.8) is 0 Å². The zero-order valence-electron chi connectivity index (χ0n) is 27.1. The van der Waals surface area contributed by atoms with Gasteiger partial charge in [-0.2, -0.15) is 0 Å². The van der Waals surface area contributed by atoms with E-state index in [0.29, 0.717) is 42.4 Å². The van der Waals surface area contributed by atoms with Crippen LogP contribution in [0.2, 0.25) is 0 Å². The topological polar surface area (TPSA) is 140 Å². The van der Waals surface area contributed by atoms with E-state index in [1.165, 1.54) is 12.0 Å². The quantitative estimate of drug-likeness (QED) is 0.230.